The van der Waals surface area contributed by atoms with Gasteiger partial charge in [-0.1, -0.05) is 12.2 Å². The van der Waals surface area contributed by atoms with E-state index in [1.165, 1.54) is 0 Å². The van der Waals surface area contributed by atoms with Crippen molar-refractivity contribution in [2.45, 2.75) is 24.6 Å². The average molecular weight is 282 g/mol. The molecule has 0 atom stereocenters. The van der Waals surface area contributed by atoms with E-state index in [0.717, 1.165) is 24.4 Å². The Morgan fingerprint density at radius 3 is 2.50 bits per heavy atom. The fourth-order valence-corrected chi connectivity index (χ4v) is 2.80. The molecule has 104 valence electrons. The summed E-state index contributed by atoms with van der Waals surface area (Å²) in [6, 6.07) is 0. The van der Waals surface area contributed by atoms with E-state index >= 15 is 0 Å². The summed E-state index contributed by atoms with van der Waals surface area (Å²) in [6.45, 7) is 1.21. The number of hydrogen-bond acceptors (Lipinski definition) is 3. The molecule has 0 spiro atoms. The second kappa shape index (κ2) is 4.94. The van der Waals surface area contributed by atoms with Crippen LogP contribution in [0.4, 0.5) is 13.2 Å². The summed E-state index contributed by atoms with van der Waals surface area (Å²) < 4.78 is 43.9. The number of likely N-dealkylation sites (N-methyl/N-ethyl adjacent to an activating group) is 1. The highest BCUT2D eigenvalue weighted by Gasteiger charge is 2.62. The third-order valence-corrected chi connectivity index (χ3v) is 3.94. The first-order valence-electron chi connectivity index (χ1n) is 6.01. The van der Waals surface area contributed by atoms with Gasteiger partial charge in [0.1, 0.15) is 0 Å². The van der Waals surface area contributed by atoms with Crippen molar-refractivity contribution < 1.29 is 17.9 Å². The maximum absolute atomic E-state index is 12.9. The third-order valence-electron chi connectivity index (χ3n) is 3.48. The van der Waals surface area contributed by atoms with E-state index in [2.05, 4.69) is 0 Å². The summed E-state index contributed by atoms with van der Waals surface area (Å²) in [5.41, 5.74) is -1.97. The molecule has 2 rings (SSSR count). The first-order chi connectivity index (χ1) is 8.34. The van der Waals surface area contributed by atoms with Gasteiger partial charge in [0.25, 0.3) is 0 Å². The van der Waals surface area contributed by atoms with Gasteiger partial charge in [0.2, 0.25) is 0 Å². The minimum atomic E-state index is -4.30. The summed E-state index contributed by atoms with van der Waals surface area (Å²) in [7, 11) is 1.66. The van der Waals surface area contributed by atoms with Crippen LogP contribution in [-0.4, -0.2) is 66.4 Å². The molecule has 0 aliphatic carbocycles. The molecule has 7 heteroatoms. The van der Waals surface area contributed by atoms with E-state index in [1.807, 2.05) is 4.90 Å². The predicted octanol–water partition coefficient (Wildman–Crippen LogP) is 1.67. The van der Waals surface area contributed by atoms with Gasteiger partial charge in [-0.05, 0) is 19.9 Å². The number of thiocarbonyl (C=S) groups is 1. The minimum absolute atomic E-state index is 0.0769. The number of rotatable bonds is 4. The lowest BCUT2D eigenvalue weighted by atomic mass is 9.94. The Labute approximate surface area is 110 Å². The highest BCUT2D eigenvalue weighted by molar-refractivity contribution is 7.80. The molecule has 0 N–H and O–H groups in total. The summed E-state index contributed by atoms with van der Waals surface area (Å²) in [5, 5.41) is 0. The molecule has 2 aliphatic heterocycles. The Balaban J connectivity index is 1.82. The van der Waals surface area contributed by atoms with E-state index in [1.54, 1.807) is 11.9 Å². The Hall–Kier alpha value is -0.400. The van der Waals surface area contributed by atoms with Gasteiger partial charge in [-0.3, -0.25) is 4.90 Å². The number of likely N-dealkylation sites (tertiary alicyclic amines) is 2. The number of hydrogen-bond donors (Lipinski definition) is 0. The van der Waals surface area contributed by atoms with Gasteiger partial charge in [-0.15, -0.1) is 0 Å². The molecular weight excluding hydrogens is 265 g/mol. The van der Waals surface area contributed by atoms with Crippen LogP contribution < -0.4 is 0 Å². The molecule has 0 aromatic rings. The zero-order valence-electron chi connectivity index (χ0n) is 10.3. The Morgan fingerprint density at radius 1 is 1.39 bits per heavy atom. The quantitative estimate of drug-likeness (QED) is 0.729. The van der Waals surface area contributed by atoms with Crippen LogP contribution in [-0.2, 0) is 4.74 Å². The topological polar surface area (TPSA) is 15.7 Å². The van der Waals surface area contributed by atoms with Crippen molar-refractivity contribution in [3.05, 3.63) is 0 Å². The van der Waals surface area contributed by atoms with Gasteiger partial charge in [0.15, 0.2) is 5.60 Å². The van der Waals surface area contributed by atoms with Crippen LogP contribution in [0.3, 0.4) is 0 Å². The van der Waals surface area contributed by atoms with Gasteiger partial charge in [-0.25, -0.2) is 0 Å². The van der Waals surface area contributed by atoms with Crippen LogP contribution in [0.1, 0.15) is 12.8 Å². The SMILES string of the molecule is CN1CC(OCCN2CCCC2=S)(C(F)(F)F)C1. The first kappa shape index (κ1) is 14.0. The lowest BCUT2D eigenvalue weighted by Crippen LogP contribution is -2.69. The van der Waals surface area contributed by atoms with Crippen LogP contribution in [0.5, 0.6) is 0 Å². The molecule has 0 saturated carbocycles. The Morgan fingerprint density at radius 2 is 2.06 bits per heavy atom. The minimum Gasteiger partial charge on any atom is -0.364 e. The van der Waals surface area contributed by atoms with Crippen LogP contribution in [0.2, 0.25) is 0 Å². The van der Waals surface area contributed by atoms with Crippen molar-refractivity contribution in [2.24, 2.45) is 0 Å². The van der Waals surface area contributed by atoms with E-state index in [9.17, 15) is 13.2 Å². The molecule has 18 heavy (non-hydrogen) atoms. The summed E-state index contributed by atoms with van der Waals surface area (Å²) in [5.74, 6) is 0. The van der Waals surface area contributed by atoms with Crippen molar-refractivity contribution in [3.8, 4) is 0 Å². The van der Waals surface area contributed by atoms with Crippen molar-refractivity contribution in [2.75, 3.05) is 39.8 Å². The van der Waals surface area contributed by atoms with E-state index in [0.29, 0.717) is 6.54 Å². The number of alkyl halides is 3. The highest BCUT2D eigenvalue weighted by Crippen LogP contribution is 2.40. The lowest BCUT2D eigenvalue weighted by Gasteiger charge is -2.48. The molecule has 2 saturated heterocycles. The van der Waals surface area contributed by atoms with Crippen LogP contribution in [0.15, 0.2) is 0 Å². The fourth-order valence-electron chi connectivity index (χ4n) is 2.47. The third kappa shape index (κ3) is 2.62. The molecule has 0 aromatic heterocycles. The summed E-state index contributed by atoms with van der Waals surface area (Å²) in [4.78, 5) is 4.38. The summed E-state index contributed by atoms with van der Waals surface area (Å²) in [6.07, 6.45) is -2.44. The Bertz CT molecular complexity index is 329. The van der Waals surface area contributed by atoms with Gasteiger partial charge in [0, 0.05) is 26.2 Å². The van der Waals surface area contributed by atoms with Crippen LogP contribution in [0.25, 0.3) is 0 Å². The maximum Gasteiger partial charge on any atom is 0.419 e. The highest BCUT2D eigenvalue weighted by atomic mass is 32.1. The van der Waals surface area contributed by atoms with Gasteiger partial charge in [0.05, 0.1) is 11.6 Å². The van der Waals surface area contributed by atoms with Gasteiger partial charge < -0.3 is 9.64 Å². The monoisotopic (exact) mass is 282 g/mol. The molecule has 2 heterocycles. The maximum atomic E-state index is 12.9. The molecule has 0 radical (unpaired) electrons. The van der Waals surface area contributed by atoms with Crippen molar-refractivity contribution in [1.29, 1.82) is 0 Å². The van der Waals surface area contributed by atoms with Crippen molar-refractivity contribution in [1.82, 2.24) is 9.80 Å². The second-order valence-electron chi connectivity index (χ2n) is 5.00. The number of ether oxygens (including phenoxy) is 1. The fraction of sp³-hybridized carbons (Fsp3) is 0.909. The molecule has 0 amide bonds. The lowest BCUT2D eigenvalue weighted by molar-refractivity contribution is -0.315. The largest absolute Gasteiger partial charge is 0.419 e. The van der Waals surface area contributed by atoms with Crippen molar-refractivity contribution in [3.63, 3.8) is 0 Å². The molecule has 2 aliphatic rings. The van der Waals surface area contributed by atoms with Crippen molar-refractivity contribution >= 4 is 17.2 Å². The smallest absolute Gasteiger partial charge is 0.364 e. The van der Waals surface area contributed by atoms with Gasteiger partial charge >= 0.3 is 6.18 Å². The Kier molecular flexibility index (Phi) is 3.85. The van der Waals surface area contributed by atoms with Crippen LogP contribution in [0, 0.1) is 0 Å². The molecule has 0 bridgehead atoms. The summed E-state index contributed by atoms with van der Waals surface area (Å²) >= 11 is 5.12. The second-order valence-corrected chi connectivity index (χ2v) is 5.47. The molecule has 2 fully saturated rings. The van der Waals surface area contributed by atoms with E-state index in [-0.39, 0.29) is 19.7 Å². The number of halogens is 3. The van der Waals surface area contributed by atoms with Gasteiger partial charge in [-0.2, -0.15) is 13.2 Å². The average Bonchev–Trinajstić information content (AvgIpc) is 2.59. The molecular formula is C11H17F3N2OS. The zero-order chi connectivity index (χ0) is 13.4. The predicted molar refractivity (Wildman–Crippen MR) is 65.6 cm³/mol. The molecule has 0 unspecified atom stereocenters. The van der Waals surface area contributed by atoms with E-state index in [4.69, 9.17) is 17.0 Å². The van der Waals surface area contributed by atoms with E-state index < -0.39 is 11.8 Å². The zero-order valence-corrected chi connectivity index (χ0v) is 11.1. The normalized spacial score (nSPS) is 24.4. The first-order valence-corrected chi connectivity index (χ1v) is 6.42. The molecule has 3 nitrogen and oxygen atoms in total. The van der Waals surface area contributed by atoms with Crippen LogP contribution >= 0.6 is 12.2 Å². The number of nitrogens with zero attached hydrogens (tertiary/aromatic N) is 2. The standard InChI is InChI=1S/C11H17F3N2OS/c1-15-7-10(8-15,11(12,13)14)17-6-5-16-4-2-3-9(16)18/h2-8H2,1H3. The molecule has 0 aromatic carbocycles.